The summed E-state index contributed by atoms with van der Waals surface area (Å²) in [4.78, 5) is 16.6. The van der Waals surface area contributed by atoms with Crippen LogP contribution in [0.2, 0.25) is 0 Å². The highest BCUT2D eigenvalue weighted by Gasteiger charge is 2.20. The summed E-state index contributed by atoms with van der Waals surface area (Å²) < 4.78 is 41.3. The molecule has 0 fully saturated rings. The molecule has 1 heterocycles. The van der Waals surface area contributed by atoms with Gasteiger partial charge in [-0.05, 0) is 53.3 Å². The Bertz CT molecular complexity index is 1300. The van der Waals surface area contributed by atoms with E-state index in [1.165, 1.54) is 24.4 Å². The van der Waals surface area contributed by atoms with Gasteiger partial charge in [0.25, 0.3) is 0 Å². The highest BCUT2D eigenvalue weighted by molar-refractivity contribution is 7.90. The van der Waals surface area contributed by atoms with Crippen molar-refractivity contribution in [1.29, 1.82) is 5.26 Å². The van der Waals surface area contributed by atoms with Gasteiger partial charge in [0.15, 0.2) is 0 Å². The Labute approximate surface area is 192 Å². The van der Waals surface area contributed by atoms with Crippen molar-refractivity contribution in [2.24, 2.45) is 0 Å². The van der Waals surface area contributed by atoms with Gasteiger partial charge in [-0.15, -0.1) is 0 Å². The summed E-state index contributed by atoms with van der Waals surface area (Å²) in [6.45, 7) is 3.65. The highest BCUT2D eigenvalue weighted by Crippen LogP contribution is 2.36. The molecule has 0 spiro atoms. The number of hydrogen-bond donors (Lipinski definition) is 2. The second-order valence-corrected chi connectivity index (χ2v) is 9.57. The van der Waals surface area contributed by atoms with Gasteiger partial charge in [-0.1, -0.05) is 44.2 Å². The zero-order valence-electron chi connectivity index (χ0n) is 18.2. The number of benzene rings is 2. The third-order valence-corrected chi connectivity index (χ3v) is 6.17. The van der Waals surface area contributed by atoms with E-state index in [0.29, 0.717) is 16.7 Å². The molecule has 7 nitrogen and oxygen atoms in total. The molecule has 2 N–H and O–H groups in total. The number of hydrogen-bond acceptors (Lipinski definition) is 5. The number of carbonyl (C=O) groups is 1. The van der Waals surface area contributed by atoms with E-state index in [9.17, 15) is 17.6 Å². The first-order valence-electron chi connectivity index (χ1n) is 10.2. The molecule has 0 aliphatic carbocycles. The number of aryl methyl sites for hydroxylation is 1. The summed E-state index contributed by atoms with van der Waals surface area (Å²) in [5.41, 5.74) is 2.48. The van der Waals surface area contributed by atoms with Gasteiger partial charge in [0.05, 0.1) is 11.4 Å². The number of nitrogens with zero attached hydrogens (tertiary/aromatic N) is 2. The Morgan fingerprint density at radius 2 is 1.88 bits per heavy atom. The number of nitriles is 1. The lowest BCUT2D eigenvalue weighted by Crippen LogP contribution is -2.36. The minimum atomic E-state index is -3.92. The van der Waals surface area contributed by atoms with Crippen LogP contribution in [0.3, 0.4) is 0 Å². The molecule has 0 atom stereocenters. The van der Waals surface area contributed by atoms with E-state index < -0.39 is 21.9 Å². The minimum Gasteiger partial charge on any atom is -0.306 e. The third kappa shape index (κ3) is 6.37. The number of aromatic nitrogens is 1. The van der Waals surface area contributed by atoms with E-state index in [0.717, 1.165) is 5.56 Å². The maximum absolute atomic E-state index is 14.4. The summed E-state index contributed by atoms with van der Waals surface area (Å²) in [5.74, 6) is -0.972. The number of pyridine rings is 1. The van der Waals surface area contributed by atoms with Crippen molar-refractivity contribution < 1.29 is 17.6 Å². The van der Waals surface area contributed by atoms with Gasteiger partial charge in [-0.2, -0.15) is 5.26 Å². The smallest absolute Gasteiger partial charge is 0.306 e. The van der Waals surface area contributed by atoms with Crippen LogP contribution in [0.5, 0.6) is 0 Å². The van der Waals surface area contributed by atoms with Crippen molar-refractivity contribution in [1.82, 2.24) is 9.71 Å². The summed E-state index contributed by atoms with van der Waals surface area (Å²) in [6.07, 6.45) is 1.65. The van der Waals surface area contributed by atoms with Crippen molar-refractivity contribution in [2.75, 3.05) is 11.1 Å². The fraction of sp³-hybridized carbons (Fsp3) is 0.208. The van der Waals surface area contributed by atoms with Crippen LogP contribution in [0.1, 0.15) is 36.6 Å². The monoisotopic (exact) mass is 466 g/mol. The Balaban J connectivity index is 1.88. The summed E-state index contributed by atoms with van der Waals surface area (Å²) in [6, 6.07) is 15.6. The molecule has 0 saturated carbocycles. The average molecular weight is 467 g/mol. The molecule has 9 heteroatoms. The van der Waals surface area contributed by atoms with E-state index >= 15 is 0 Å². The number of halogens is 1. The highest BCUT2D eigenvalue weighted by atomic mass is 32.2. The van der Waals surface area contributed by atoms with Crippen LogP contribution in [0.25, 0.3) is 11.1 Å². The number of rotatable bonds is 7. The van der Waals surface area contributed by atoms with Crippen molar-refractivity contribution in [3.63, 3.8) is 0 Å². The van der Waals surface area contributed by atoms with E-state index in [2.05, 4.69) is 10.3 Å². The lowest BCUT2D eigenvalue weighted by atomic mass is 9.94. The van der Waals surface area contributed by atoms with Crippen LogP contribution < -0.4 is 10.0 Å². The summed E-state index contributed by atoms with van der Waals surface area (Å²) in [5, 5.41) is 11.7. The number of carbonyl (C=O) groups excluding carboxylic acids is 1. The van der Waals surface area contributed by atoms with Crippen LogP contribution in [-0.4, -0.2) is 25.2 Å². The molecule has 0 saturated heterocycles. The van der Waals surface area contributed by atoms with Crippen LogP contribution in [0.15, 0.2) is 60.8 Å². The molecule has 0 bridgehead atoms. The van der Waals surface area contributed by atoms with Crippen LogP contribution in [0.4, 0.5) is 14.9 Å². The number of urea groups is 1. The van der Waals surface area contributed by atoms with Crippen molar-refractivity contribution in [2.45, 2.75) is 26.2 Å². The second-order valence-electron chi connectivity index (χ2n) is 7.72. The molecule has 2 aromatic carbocycles. The van der Waals surface area contributed by atoms with Gasteiger partial charge in [-0.25, -0.2) is 27.3 Å². The van der Waals surface area contributed by atoms with Gasteiger partial charge in [-0.3, -0.25) is 0 Å². The second kappa shape index (κ2) is 10.2. The largest absolute Gasteiger partial charge is 0.332 e. The predicted molar refractivity (Wildman–Crippen MR) is 125 cm³/mol. The number of nitrogens with one attached hydrogen (secondary N) is 2. The molecule has 0 aliphatic heterocycles. The molecule has 33 heavy (non-hydrogen) atoms. The maximum Gasteiger partial charge on any atom is 0.332 e. The SMILES string of the molecule is CC(C)c1cc(F)cc(-c2ccnc(C#N)c2)c1NC(=O)NS(=O)(=O)CCc1ccccc1. The molecule has 1 aromatic heterocycles. The molecule has 3 rings (SSSR count). The van der Waals surface area contributed by atoms with E-state index in [1.54, 1.807) is 18.2 Å². The zero-order chi connectivity index (χ0) is 24.0. The first-order chi connectivity index (χ1) is 15.7. The molecule has 0 unspecified atom stereocenters. The summed E-state index contributed by atoms with van der Waals surface area (Å²) in [7, 11) is -3.92. The van der Waals surface area contributed by atoms with Crippen molar-refractivity contribution in [3.05, 3.63) is 83.4 Å². The number of sulfonamides is 1. The van der Waals surface area contributed by atoms with Gasteiger partial charge in [0, 0.05) is 11.8 Å². The van der Waals surface area contributed by atoms with Gasteiger partial charge in [0.2, 0.25) is 10.0 Å². The Kier molecular flexibility index (Phi) is 7.41. The van der Waals surface area contributed by atoms with Crippen molar-refractivity contribution >= 4 is 21.7 Å². The quantitative estimate of drug-likeness (QED) is 0.529. The molecule has 0 radical (unpaired) electrons. The van der Waals surface area contributed by atoms with E-state index in [1.807, 2.05) is 42.8 Å². The molecule has 3 aromatic rings. The Hall–Kier alpha value is -3.77. The standard InChI is InChI=1S/C24H23FN4O3S/c1-16(2)21-13-19(25)14-22(18-8-10-27-20(12-18)15-26)23(21)28-24(30)29-33(31,32)11-9-17-6-4-3-5-7-17/h3-8,10,12-14,16H,9,11H2,1-2H3,(H2,28,29,30). The lowest BCUT2D eigenvalue weighted by Gasteiger charge is -2.19. The summed E-state index contributed by atoms with van der Waals surface area (Å²) >= 11 is 0. The fourth-order valence-electron chi connectivity index (χ4n) is 3.34. The molecule has 0 aliphatic rings. The number of anilines is 1. The van der Waals surface area contributed by atoms with E-state index in [4.69, 9.17) is 5.26 Å². The normalized spacial score (nSPS) is 11.1. The van der Waals surface area contributed by atoms with Gasteiger partial charge in [0.1, 0.15) is 17.6 Å². The van der Waals surface area contributed by atoms with Crippen LogP contribution in [0, 0.1) is 17.1 Å². The first-order valence-corrected chi connectivity index (χ1v) is 11.9. The molecular formula is C24H23FN4O3S. The van der Waals surface area contributed by atoms with Crippen LogP contribution >= 0.6 is 0 Å². The minimum absolute atomic E-state index is 0.127. The van der Waals surface area contributed by atoms with Crippen LogP contribution in [-0.2, 0) is 16.4 Å². The number of amides is 2. The lowest BCUT2D eigenvalue weighted by molar-refractivity contribution is 0.256. The Morgan fingerprint density at radius 3 is 2.55 bits per heavy atom. The molecule has 2 amide bonds. The van der Waals surface area contributed by atoms with Crippen molar-refractivity contribution in [3.8, 4) is 17.2 Å². The third-order valence-electron chi connectivity index (χ3n) is 4.93. The molecule has 170 valence electrons. The van der Waals surface area contributed by atoms with E-state index in [-0.39, 0.29) is 29.5 Å². The average Bonchev–Trinajstić information content (AvgIpc) is 2.79. The Morgan fingerprint density at radius 1 is 1.15 bits per heavy atom. The predicted octanol–water partition coefficient (Wildman–Crippen LogP) is 4.58. The zero-order valence-corrected chi connectivity index (χ0v) is 19.0. The molecular weight excluding hydrogens is 443 g/mol. The first kappa shape index (κ1) is 23.9. The van der Waals surface area contributed by atoms with Gasteiger partial charge < -0.3 is 5.32 Å². The van der Waals surface area contributed by atoms with Gasteiger partial charge >= 0.3 is 6.03 Å². The topological polar surface area (TPSA) is 112 Å². The fourth-order valence-corrected chi connectivity index (χ4v) is 4.28. The maximum atomic E-state index is 14.4.